The number of nitrogens with one attached hydrogen (secondary N) is 1. The van der Waals surface area contributed by atoms with Crippen LogP contribution in [0, 0.1) is 0 Å². The SMILES string of the molecule is CCN(CC)C(=O)NC(CCO)CSC. The highest BCUT2D eigenvalue weighted by molar-refractivity contribution is 7.98. The van der Waals surface area contributed by atoms with Gasteiger partial charge in [-0.2, -0.15) is 11.8 Å². The van der Waals surface area contributed by atoms with Crippen molar-refractivity contribution in [3.63, 3.8) is 0 Å². The van der Waals surface area contributed by atoms with E-state index in [0.717, 1.165) is 5.75 Å². The van der Waals surface area contributed by atoms with E-state index in [0.29, 0.717) is 19.5 Å². The predicted octanol–water partition coefficient (Wildman–Crippen LogP) is 1.15. The zero-order valence-electron chi connectivity index (χ0n) is 9.82. The van der Waals surface area contributed by atoms with Crippen LogP contribution in [0.3, 0.4) is 0 Å². The van der Waals surface area contributed by atoms with Crippen LogP contribution in [0.4, 0.5) is 4.79 Å². The predicted molar refractivity (Wildman–Crippen MR) is 65.3 cm³/mol. The number of nitrogens with zero attached hydrogens (tertiary/aromatic N) is 1. The van der Waals surface area contributed by atoms with Crippen LogP contribution in [-0.4, -0.2) is 53.8 Å². The van der Waals surface area contributed by atoms with Gasteiger partial charge in [-0.05, 0) is 26.5 Å². The van der Waals surface area contributed by atoms with Crippen LogP contribution in [0.2, 0.25) is 0 Å². The molecule has 90 valence electrons. The fourth-order valence-corrected chi connectivity index (χ4v) is 1.98. The Hall–Kier alpha value is -0.420. The third kappa shape index (κ3) is 5.89. The van der Waals surface area contributed by atoms with Crippen molar-refractivity contribution >= 4 is 17.8 Å². The maximum Gasteiger partial charge on any atom is 0.317 e. The first kappa shape index (κ1) is 14.6. The summed E-state index contributed by atoms with van der Waals surface area (Å²) in [5, 5.41) is 11.8. The van der Waals surface area contributed by atoms with Gasteiger partial charge in [0.1, 0.15) is 0 Å². The van der Waals surface area contributed by atoms with Gasteiger partial charge in [-0.25, -0.2) is 4.79 Å². The van der Waals surface area contributed by atoms with Gasteiger partial charge in [0.25, 0.3) is 0 Å². The molecule has 0 heterocycles. The van der Waals surface area contributed by atoms with Gasteiger partial charge in [-0.1, -0.05) is 0 Å². The van der Waals surface area contributed by atoms with Crippen molar-refractivity contribution in [2.24, 2.45) is 0 Å². The number of thioether (sulfide) groups is 1. The van der Waals surface area contributed by atoms with Gasteiger partial charge in [-0.15, -0.1) is 0 Å². The van der Waals surface area contributed by atoms with E-state index in [1.165, 1.54) is 0 Å². The van der Waals surface area contributed by atoms with E-state index in [1.54, 1.807) is 16.7 Å². The first-order chi connectivity index (χ1) is 7.19. The smallest absolute Gasteiger partial charge is 0.317 e. The summed E-state index contributed by atoms with van der Waals surface area (Å²) in [5.74, 6) is 0.841. The van der Waals surface area contributed by atoms with E-state index >= 15 is 0 Å². The molecule has 0 aliphatic heterocycles. The van der Waals surface area contributed by atoms with Crippen LogP contribution in [-0.2, 0) is 0 Å². The molecule has 0 fully saturated rings. The molecule has 1 unspecified atom stereocenters. The van der Waals surface area contributed by atoms with Crippen LogP contribution in [0.5, 0.6) is 0 Å². The summed E-state index contributed by atoms with van der Waals surface area (Å²) >= 11 is 1.67. The van der Waals surface area contributed by atoms with Crippen LogP contribution in [0.1, 0.15) is 20.3 Å². The van der Waals surface area contributed by atoms with E-state index in [4.69, 9.17) is 5.11 Å². The molecule has 1 atom stereocenters. The fraction of sp³-hybridized carbons (Fsp3) is 0.900. The highest BCUT2D eigenvalue weighted by Gasteiger charge is 2.14. The number of hydrogen-bond donors (Lipinski definition) is 2. The summed E-state index contributed by atoms with van der Waals surface area (Å²) in [5.41, 5.74) is 0. The van der Waals surface area contributed by atoms with Crippen molar-refractivity contribution in [2.75, 3.05) is 31.7 Å². The second-order valence-corrected chi connectivity index (χ2v) is 4.20. The number of hydrogen-bond acceptors (Lipinski definition) is 3. The van der Waals surface area contributed by atoms with Crippen LogP contribution in [0.15, 0.2) is 0 Å². The Morgan fingerprint density at radius 3 is 2.47 bits per heavy atom. The molecule has 0 aliphatic carbocycles. The average molecular weight is 234 g/mol. The number of amides is 2. The molecule has 2 N–H and O–H groups in total. The van der Waals surface area contributed by atoms with Crippen molar-refractivity contribution in [3.8, 4) is 0 Å². The summed E-state index contributed by atoms with van der Waals surface area (Å²) in [7, 11) is 0. The number of aliphatic hydroxyl groups is 1. The highest BCUT2D eigenvalue weighted by Crippen LogP contribution is 2.02. The molecule has 0 aromatic carbocycles. The Morgan fingerprint density at radius 1 is 1.47 bits per heavy atom. The maximum absolute atomic E-state index is 11.7. The molecule has 0 rings (SSSR count). The Balaban J connectivity index is 4.07. The van der Waals surface area contributed by atoms with Gasteiger partial charge in [0.15, 0.2) is 0 Å². The van der Waals surface area contributed by atoms with Gasteiger partial charge >= 0.3 is 6.03 Å². The number of carbonyl (C=O) groups excluding carboxylic acids is 1. The molecule has 0 aromatic heterocycles. The van der Waals surface area contributed by atoms with Crippen LogP contribution < -0.4 is 5.32 Å². The lowest BCUT2D eigenvalue weighted by molar-refractivity contribution is 0.196. The van der Waals surface area contributed by atoms with Crippen molar-refractivity contribution < 1.29 is 9.90 Å². The number of carbonyl (C=O) groups is 1. The molecule has 0 bridgehead atoms. The Labute approximate surface area is 96.4 Å². The minimum atomic E-state index is -0.0347. The zero-order chi connectivity index (χ0) is 11.7. The van der Waals surface area contributed by atoms with Crippen molar-refractivity contribution in [1.82, 2.24) is 10.2 Å². The molecular weight excluding hydrogens is 212 g/mol. The quantitative estimate of drug-likeness (QED) is 0.695. The van der Waals surface area contributed by atoms with Crippen LogP contribution in [0.25, 0.3) is 0 Å². The molecule has 4 nitrogen and oxygen atoms in total. The molecule has 0 aliphatic rings. The Bertz CT molecular complexity index is 169. The standard InChI is InChI=1S/C10H22N2O2S/c1-4-12(5-2)10(14)11-9(6-7-13)8-15-3/h9,13H,4-8H2,1-3H3,(H,11,14). The first-order valence-corrected chi connectivity index (χ1v) is 6.74. The molecule has 0 radical (unpaired) electrons. The van der Waals surface area contributed by atoms with Crippen molar-refractivity contribution in [3.05, 3.63) is 0 Å². The summed E-state index contributed by atoms with van der Waals surface area (Å²) in [6, 6.07) is 0.0330. The normalized spacial score (nSPS) is 12.3. The van der Waals surface area contributed by atoms with E-state index < -0.39 is 0 Å². The molecule has 0 aromatic rings. The summed E-state index contributed by atoms with van der Waals surface area (Å²) < 4.78 is 0. The second-order valence-electron chi connectivity index (χ2n) is 3.29. The first-order valence-electron chi connectivity index (χ1n) is 5.34. The van der Waals surface area contributed by atoms with Gasteiger partial charge in [0, 0.05) is 31.5 Å². The molecule has 0 saturated heterocycles. The summed E-state index contributed by atoms with van der Waals surface area (Å²) in [4.78, 5) is 13.4. The largest absolute Gasteiger partial charge is 0.396 e. The lowest BCUT2D eigenvalue weighted by Crippen LogP contribution is -2.46. The lowest BCUT2D eigenvalue weighted by atomic mass is 10.2. The third-order valence-electron chi connectivity index (χ3n) is 2.22. The molecule has 0 saturated carbocycles. The van der Waals surface area contributed by atoms with E-state index in [-0.39, 0.29) is 18.7 Å². The zero-order valence-corrected chi connectivity index (χ0v) is 10.6. The van der Waals surface area contributed by atoms with Crippen LogP contribution >= 0.6 is 11.8 Å². The van der Waals surface area contributed by atoms with Gasteiger partial charge in [0.05, 0.1) is 0 Å². The number of urea groups is 1. The molecule has 5 heteroatoms. The Kier molecular flexibility index (Phi) is 8.61. The van der Waals surface area contributed by atoms with E-state index in [9.17, 15) is 4.79 Å². The minimum Gasteiger partial charge on any atom is -0.396 e. The van der Waals surface area contributed by atoms with Gasteiger partial charge in [-0.3, -0.25) is 0 Å². The topological polar surface area (TPSA) is 52.6 Å². The van der Waals surface area contributed by atoms with Gasteiger partial charge < -0.3 is 15.3 Å². The maximum atomic E-state index is 11.7. The van der Waals surface area contributed by atoms with Crippen molar-refractivity contribution in [2.45, 2.75) is 26.3 Å². The average Bonchev–Trinajstić information content (AvgIpc) is 2.20. The van der Waals surface area contributed by atoms with E-state index in [2.05, 4.69) is 5.32 Å². The molecule has 2 amide bonds. The second kappa shape index (κ2) is 8.85. The minimum absolute atomic E-state index is 0.0347. The van der Waals surface area contributed by atoms with E-state index in [1.807, 2.05) is 20.1 Å². The highest BCUT2D eigenvalue weighted by atomic mass is 32.2. The number of rotatable bonds is 7. The molecular formula is C10H22N2O2S. The lowest BCUT2D eigenvalue weighted by Gasteiger charge is -2.23. The number of aliphatic hydroxyl groups excluding tert-OH is 1. The summed E-state index contributed by atoms with van der Waals surface area (Å²) in [6.07, 6.45) is 2.61. The Morgan fingerprint density at radius 2 is 2.07 bits per heavy atom. The molecule has 15 heavy (non-hydrogen) atoms. The molecule has 0 spiro atoms. The van der Waals surface area contributed by atoms with Gasteiger partial charge in [0.2, 0.25) is 0 Å². The third-order valence-corrected chi connectivity index (χ3v) is 2.96. The summed E-state index contributed by atoms with van der Waals surface area (Å²) in [6.45, 7) is 5.46. The fourth-order valence-electron chi connectivity index (χ4n) is 1.33. The van der Waals surface area contributed by atoms with Crippen molar-refractivity contribution in [1.29, 1.82) is 0 Å². The monoisotopic (exact) mass is 234 g/mol.